The third-order valence-corrected chi connectivity index (χ3v) is 3.39. The first-order valence-corrected chi connectivity index (χ1v) is 6.78. The number of aliphatic hydroxyl groups is 1. The average Bonchev–Trinajstić information content (AvgIpc) is 2.77. The van der Waals surface area contributed by atoms with Crippen LogP contribution in [0.2, 0.25) is 0 Å². The second-order valence-electron chi connectivity index (χ2n) is 6.08. The van der Waals surface area contributed by atoms with E-state index >= 15 is 0 Å². The molecule has 0 bridgehead atoms. The second-order valence-corrected chi connectivity index (χ2v) is 6.08. The number of hydrogen-bond acceptors (Lipinski definition) is 3. The topological polar surface area (TPSA) is 74.9 Å². The minimum Gasteiger partial charge on any atom is -0.396 e. The minimum atomic E-state index is -0.141. The van der Waals surface area contributed by atoms with Gasteiger partial charge in [-0.3, -0.25) is 0 Å². The number of hydrogen-bond donors (Lipinski definition) is 3. The van der Waals surface area contributed by atoms with Crippen LogP contribution in [0.15, 0.2) is 18.2 Å². The Labute approximate surface area is 114 Å². The first-order valence-electron chi connectivity index (χ1n) is 6.78. The number of rotatable bonds is 4. The van der Waals surface area contributed by atoms with Gasteiger partial charge < -0.3 is 15.8 Å². The fourth-order valence-corrected chi connectivity index (χ4v) is 2.12. The van der Waals surface area contributed by atoms with Crippen molar-refractivity contribution in [3.05, 3.63) is 29.6 Å². The first kappa shape index (κ1) is 14.0. The molecule has 1 atom stereocenters. The summed E-state index contributed by atoms with van der Waals surface area (Å²) in [5.74, 6) is 0.800. The summed E-state index contributed by atoms with van der Waals surface area (Å²) < 4.78 is 0. The van der Waals surface area contributed by atoms with Gasteiger partial charge >= 0.3 is 0 Å². The third-order valence-electron chi connectivity index (χ3n) is 3.39. The largest absolute Gasteiger partial charge is 0.396 e. The highest BCUT2D eigenvalue weighted by molar-refractivity contribution is 5.76. The average molecular weight is 261 g/mol. The normalized spacial score (nSPS) is 13.9. The Morgan fingerprint density at radius 2 is 2.11 bits per heavy atom. The lowest BCUT2D eigenvalue weighted by Crippen LogP contribution is -2.12. The number of fused-ring (bicyclic) bond motifs is 1. The number of nitrogens with two attached hydrogens (primary N) is 1. The van der Waals surface area contributed by atoms with Crippen LogP contribution in [0.3, 0.4) is 0 Å². The Morgan fingerprint density at radius 1 is 1.37 bits per heavy atom. The van der Waals surface area contributed by atoms with Crippen molar-refractivity contribution in [2.24, 2.45) is 5.73 Å². The molecule has 2 aromatic rings. The number of aromatic nitrogens is 2. The Balaban J connectivity index is 2.30. The molecule has 0 saturated heterocycles. The molecule has 1 heterocycles. The number of benzene rings is 1. The molecule has 0 aliphatic carbocycles. The quantitative estimate of drug-likeness (QED) is 0.792. The van der Waals surface area contributed by atoms with E-state index in [1.54, 1.807) is 0 Å². The molecule has 0 aliphatic rings. The summed E-state index contributed by atoms with van der Waals surface area (Å²) in [5.41, 5.74) is 9.42. The summed E-state index contributed by atoms with van der Waals surface area (Å²) >= 11 is 0. The highest BCUT2D eigenvalue weighted by atomic mass is 16.2. The first-order chi connectivity index (χ1) is 8.91. The Morgan fingerprint density at radius 3 is 2.74 bits per heavy atom. The lowest BCUT2D eigenvalue weighted by molar-refractivity contribution is 0.279. The molecule has 1 unspecified atom stereocenters. The molecule has 104 valence electrons. The van der Waals surface area contributed by atoms with Crippen molar-refractivity contribution in [2.45, 2.75) is 45.1 Å². The van der Waals surface area contributed by atoms with Crippen LogP contribution in [-0.4, -0.2) is 21.7 Å². The van der Waals surface area contributed by atoms with E-state index in [1.807, 2.05) is 0 Å². The van der Waals surface area contributed by atoms with E-state index in [1.165, 1.54) is 5.56 Å². The maximum Gasteiger partial charge on any atom is 0.124 e. The maximum absolute atomic E-state index is 8.84. The van der Waals surface area contributed by atoms with E-state index in [4.69, 9.17) is 10.8 Å². The fraction of sp³-hybridized carbons (Fsp3) is 0.533. The zero-order chi connectivity index (χ0) is 14.0. The predicted octanol–water partition coefficient (Wildman–Crippen LogP) is 2.63. The summed E-state index contributed by atoms with van der Waals surface area (Å²) in [4.78, 5) is 7.84. The van der Waals surface area contributed by atoms with Crippen LogP contribution in [0.1, 0.15) is 51.0 Å². The van der Waals surface area contributed by atoms with Crippen molar-refractivity contribution >= 4 is 11.0 Å². The molecular formula is C15H23N3O. The van der Waals surface area contributed by atoms with Crippen molar-refractivity contribution < 1.29 is 5.11 Å². The van der Waals surface area contributed by atoms with Crippen LogP contribution >= 0.6 is 0 Å². The molecular weight excluding hydrogens is 238 g/mol. The SMILES string of the molecule is CC(C)(C)c1ccc2[nH]c(C(N)CCCO)nc2c1. The molecule has 0 saturated carbocycles. The van der Waals surface area contributed by atoms with Gasteiger partial charge in [0.2, 0.25) is 0 Å². The second kappa shape index (κ2) is 5.31. The van der Waals surface area contributed by atoms with Crippen LogP contribution in [0.25, 0.3) is 11.0 Å². The van der Waals surface area contributed by atoms with Gasteiger partial charge in [0.1, 0.15) is 5.82 Å². The molecule has 0 fully saturated rings. The van der Waals surface area contributed by atoms with Crippen molar-refractivity contribution in [1.82, 2.24) is 9.97 Å². The smallest absolute Gasteiger partial charge is 0.124 e. The van der Waals surface area contributed by atoms with Crippen molar-refractivity contribution in [1.29, 1.82) is 0 Å². The standard InChI is InChI=1S/C15H23N3O/c1-15(2,3)10-6-7-12-13(9-10)18-14(17-12)11(16)5-4-8-19/h6-7,9,11,19H,4-5,8,16H2,1-3H3,(H,17,18). The predicted molar refractivity (Wildman–Crippen MR) is 78.0 cm³/mol. The molecule has 4 heteroatoms. The van der Waals surface area contributed by atoms with Crippen LogP contribution in [0, 0.1) is 0 Å². The molecule has 2 rings (SSSR count). The number of aromatic amines is 1. The third kappa shape index (κ3) is 3.14. The van der Waals surface area contributed by atoms with Crippen LogP contribution in [-0.2, 0) is 5.41 Å². The number of aliphatic hydroxyl groups excluding tert-OH is 1. The number of nitrogens with zero attached hydrogens (tertiary/aromatic N) is 1. The summed E-state index contributed by atoms with van der Waals surface area (Å²) in [6, 6.07) is 6.17. The molecule has 0 radical (unpaired) electrons. The van der Waals surface area contributed by atoms with E-state index in [9.17, 15) is 0 Å². The number of H-pyrrole nitrogens is 1. The van der Waals surface area contributed by atoms with Gasteiger partial charge in [-0.25, -0.2) is 4.98 Å². The molecule has 1 aromatic heterocycles. The van der Waals surface area contributed by atoms with Crippen LogP contribution in [0.5, 0.6) is 0 Å². The number of nitrogens with one attached hydrogen (secondary N) is 1. The van der Waals surface area contributed by atoms with Gasteiger partial charge in [0.15, 0.2) is 0 Å². The molecule has 4 N–H and O–H groups in total. The summed E-state index contributed by atoms with van der Waals surface area (Å²) in [5, 5.41) is 8.84. The van der Waals surface area contributed by atoms with E-state index in [0.29, 0.717) is 6.42 Å². The molecule has 0 amide bonds. The van der Waals surface area contributed by atoms with Gasteiger partial charge in [-0.2, -0.15) is 0 Å². The van der Waals surface area contributed by atoms with E-state index in [-0.39, 0.29) is 18.1 Å². The molecule has 4 nitrogen and oxygen atoms in total. The van der Waals surface area contributed by atoms with Gasteiger partial charge in [-0.15, -0.1) is 0 Å². The lowest BCUT2D eigenvalue weighted by Gasteiger charge is -2.18. The highest BCUT2D eigenvalue weighted by Crippen LogP contribution is 2.26. The Hall–Kier alpha value is -1.39. The highest BCUT2D eigenvalue weighted by Gasteiger charge is 2.16. The van der Waals surface area contributed by atoms with Crippen LogP contribution in [0.4, 0.5) is 0 Å². The maximum atomic E-state index is 8.84. The minimum absolute atomic E-state index is 0.117. The van der Waals surface area contributed by atoms with Gasteiger partial charge in [-0.1, -0.05) is 26.8 Å². The zero-order valence-corrected chi connectivity index (χ0v) is 11.9. The van der Waals surface area contributed by atoms with Crippen LogP contribution < -0.4 is 5.73 Å². The summed E-state index contributed by atoms with van der Waals surface area (Å²) in [7, 11) is 0. The summed E-state index contributed by atoms with van der Waals surface area (Å²) in [6.07, 6.45) is 1.44. The number of imidazole rings is 1. The monoisotopic (exact) mass is 261 g/mol. The molecule has 0 aliphatic heterocycles. The van der Waals surface area contributed by atoms with Gasteiger partial charge in [0.25, 0.3) is 0 Å². The van der Waals surface area contributed by atoms with Gasteiger partial charge in [-0.05, 0) is 36.0 Å². The van der Waals surface area contributed by atoms with Crippen molar-refractivity contribution in [2.75, 3.05) is 6.61 Å². The summed E-state index contributed by atoms with van der Waals surface area (Å²) in [6.45, 7) is 6.74. The lowest BCUT2D eigenvalue weighted by atomic mass is 9.87. The molecule has 0 spiro atoms. The van der Waals surface area contributed by atoms with Gasteiger partial charge in [0.05, 0.1) is 17.1 Å². The Bertz CT molecular complexity index is 554. The van der Waals surface area contributed by atoms with E-state index in [2.05, 4.69) is 48.9 Å². The molecule has 19 heavy (non-hydrogen) atoms. The molecule has 1 aromatic carbocycles. The van der Waals surface area contributed by atoms with E-state index < -0.39 is 0 Å². The van der Waals surface area contributed by atoms with Crippen molar-refractivity contribution in [3.8, 4) is 0 Å². The Kier molecular flexibility index (Phi) is 3.92. The zero-order valence-electron chi connectivity index (χ0n) is 11.9. The fourth-order valence-electron chi connectivity index (χ4n) is 2.12. The van der Waals surface area contributed by atoms with E-state index in [0.717, 1.165) is 23.3 Å². The van der Waals surface area contributed by atoms with Gasteiger partial charge in [0, 0.05) is 6.61 Å². The van der Waals surface area contributed by atoms with Crippen molar-refractivity contribution in [3.63, 3.8) is 0 Å².